The van der Waals surface area contributed by atoms with Crippen molar-refractivity contribution in [1.29, 1.82) is 0 Å². The van der Waals surface area contributed by atoms with Crippen LogP contribution in [-0.2, 0) is 22.5 Å². The second kappa shape index (κ2) is 8.93. The molecule has 0 bridgehead atoms. The lowest BCUT2D eigenvalue weighted by molar-refractivity contribution is -0.137. The van der Waals surface area contributed by atoms with E-state index in [1.165, 1.54) is 18.1 Å². The first-order valence-electron chi connectivity index (χ1n) is 9.69. The minimum atomic E-state index is -0.852. The van der Waals surface area contributed by atoms with E-state index in [1.807, 2.05) is 29.2 Å². The number of rotatable bonds is 6. The number of hydrogen-bond donors (Lipinski definition) is 1. The number of ether oxygens (including phenoxy) is 1. The summed E-state index contributed by atoms with van der Waals surface area (Å²) in [5, 5.41) is 5.29. The molecule has 1 aromatic heterocycles. The van der Waals surface area contributed by atoms with E-state index in [1.54, 1.807) is 17.4 Å². The van der Waals surface area contributed by atoms with Gasteiger partial charge in [-0.3, -0.25) is 4.79 Å². The first-order valence-corrected chi connectivity index (χ1v) is 10.6. The maximum Gasteiger partial charge on any atom is 0.249 e. The SMILES string of the molecule is COCC(=O)N1CCc2sccc2C1c1ccc(NCc2ccc(F)c(F)c2)cc1. The number of halogens is 2. The minimum absolute atomic E-state index is 0.0279. The van der Waals surface area contributed by atoms with Gasteiger partial charge in [-0.05, 0) is 58.8 Å². The zero-order valence-electron chi connectivity index (χ0n) is 16.5. The van der Waals surface area contributed by atoms with Crippen molar-refractivity contribution in [3.8, 4) is 0 Å². The lowest BCUT2D eigenvalue weighted by Gasteiger charge is -2.36. The Kier molecular flexibility index (Phi) is 6.11. The van der Waals surface area contributed by atoms with Crippen LogP contribution in [0.3, 0.4) is 0 Å². The molecule has 0 fully saturated rings. The van der Waals surface area contributed by atoms with Crippen LogP contribution in [0.4, 0.5) is 14.5 Å². The molecule has 2 heterocycles. The largest absolute Gasteiger partial charge is 0.381 e. The molecule has 1 N–H and O–H groups in total. The highest BCUT2D eigenvalue weighted by Crippen LogP contribution is 2.38. The summed E-state index contributed by atoms with van der Waals surface area (Å²) < 4.78 is 31.5. The molecule has 4 rings (SSSR count). The van der Waals surface area contributed by atoms with E-state index in [9.17, 15) is 13.6 Å². The van der Waals surface area contributed by atoms with Gasteiger partial charge in [0.05, 0.1) is 6.04 Å². The maximum atomic E-state index is 13.4. The van der Waals surface area contributed by atoms with Crippen molar-refractivity contribution in [3.05, 3.63) is 87.1 Å². The van der Waals surface area contributed by atoms with Crippen molar-refractivity contribution in [2.24, 2.45) is 0 Å². The molecular formula is C23H22F2N2O2S. The molecular weight excluding hydrogens is 406 g/mol. The summed E-state index contributed by atoms with van der Waals surface area (Å²) in [4.78, 5) is 15.8. The van der Waals surface area contributed by atoms with Gasteiger partial charge in [-0.2, -0.15) is 0 Å². The Bertz CT molecular complexity index is 1040. The molecule has 1 aliphatic rings. The molecule has 156 valence electrons. The van der Waals surface area contributed by atoms with Crippen molar-refractivity contribution in [2.75, 3.05) is 25.6 Å². The van der Waals surface area contributed by atoms with E-state index >= 15 is 0 Å². The van der Waals surface area contributed by atoms with Gasteiger partial charge in [0.1, 0.15) is 6.61 Å². The zero-order chi connectivity index (χ0) is 21.1. The maximum absolute atomic E-state index is 13.4. The number of methoxy groups -OCH3 is 1. The van der Waals surface area contributed by atoms with E-state index in [-0.39, 0.29) is 18.6 Å². The van der Waals surface area contributed by atoms with Crippen molar-refractivity contribution in [2.45, 2.75) is 19.0 Å². The van der Waals surface area contributed by atoms with Gasteiger partial charge in [-0.15, -0.1) is 11.3 Å². The molecule has 1 atom stereocenters. The van der Waals surface area contributed by atoms with Gasteiger partial charge >= 0.3 is 0 Å². The summed E-state index contributed by atoms with van der Waals surface area (Å²) >= 11 is 1.72. The van der Waals surface area contributed by atoms with Gasteiger partial charge in [-0.25, -0.2) is 8.78 Å². The summed E-state index contributed by atoms with van der Waals surface area (Å²) in [6, 6.07) is 13.7. The summed E-state index contributed by atoms with van der Waals surface area (Å²) in [6.45, 7) is 1.10. The lowest BCUT2D eigenvalue weighted by Crippen LogP contribution is -2.41. The van der Waals surface area contributed by atoms with E-state index in [4.69, 9.17) is 4.74 Å². The van der Waals surface area contributed by atoms with Crippen LogP contribution in [0.2, 0.25) is 0 Å². The number of nitrogens with zero attached hydrogens (tertiary/aromatic N) is 1. The lowest BCUT2D eigenvalue weighted by atomic mass is 9.93. The monoisotopic (exact) mass is 428 g/mol. The van der Waals surface area contributed by atoms with Gasteiger partial charge in [0.25, 0.3) is 0 Å². The fourth-order valence-electron chi connectivity index (χ4n) is 3.79. The summed E-state index contributed by atoms with van der Waals surface area (Å²) in [5.41, 5.74) is 3.71. The van der Waals surface area contributed by atoms with E-state index in [2.05, 4.69) is 16.8 Å². The summed E-state index contributed by atoms with van der Waals surface area (Å²) in [6.07, 6.45) is 0.854. The fourth-order valence-corrected chi connectivity index (χ4v) is 4.69. The molecule has 7 heteroatoms. The first kappa shape index (κ1) is 20.5. The average molecular weight is 429 g/mol. The van der Waals surface area contributed by atoms with E-state index in [0.717, 1.165) is 29.3 Å². The summed E-state index contributed by atoms with van der Waals surface area (Å²) in [5.74, 6) is -1.73. The third-order valence-electron chi connectivity index (χ3n) is 5.26. The molecule has 1 amide bonds. The van der Waals surface area contributed by atoms with Crippen LogP contribution in [0.5, 0.6) is 0 Å². The Labute approximate surface area is 178 Å². The van der Waals surface area contributed by atoms with Crippen LogP contribution >= 0.6 is 11.3 Å². The molecule has 0 radical (unpaired) electrons. The molecule has 1 aliphatic heterocycles. The number of nitrogens with one attached hydrogen (secondary N) is 1. The van der Waals surface area contributed by atoms with Crippen LogP contribution in [0.25, 0.3) is 0 Å². The third kappa shape index (κ3) is 4.22. The Morgan fingerprint density at radius 1 is 1.17 bits per heavy atom. The predicted octanol–water partition coefficient (Wildman–Crippen LogP) is 4.76. The Balaban J connectivity index is 1.52. The molecule has 30 heavy (non-hydrogen) atoms. The molecule has 0 spiro atoms. The van der Waals surface area contributed by atoms with Crippen molar-refractivity contribution in [1.82, 2.24) is 4.90 Å². The number of amides is 1. The molecule has 0 aliphatic carbocycles. The molecule has 0 saturated heterocycles. The highest BCUT2D eigenvalue weighted by Gasteiger charge is 2.32. The van der Waals surface area contributed by atoms with Gasteiger partial charge < -0.3 is 15.0 Å². The molecule has 0 saturated carbocycles. The van der Waals surface area contributed by atoms with Crippen molar-refractivity contribution < 1.29 is 18.3 Å². The van der Waals surface area contributed by atoms with Gasteiger partial charge in [0.15, 0.2) is 11.6 Å². The van der Waals surface area contributed by atoms with Gasteiger partial charge in [-0.1, -0.05) is 18.2 Å². The average Bonchev–Trinajstić information content (AvgIpc) is 3.23. The third-order valence-corrected chi connectivity index (χ3v) is 6.26. The smallest absolute Gasteiger partial charge is 0.249 e. The number of anilines is 1. The topological polar surface area (TPSA) is 41.6 Å². The number of thiophene rings is 1. The minimum Gasteiger partial charge on any atom is -0.381 e. The molecule has 2 aromatic carbocycles. The number of carbonyl (C=O) groups excluding carboxylic acids is 1. The Morgan fingerprint density at radius 3 is 2.70 bits per heavy atom. The Hall–Kier alpha value is -2.77. The first-order chi connectivity index (χ1) is 14.6. The number of benzene rings is 2. The number of carbonyl (C=O) groups is 1. The summed E-state index contributed by atoms with van der Waals surface area (Å²) in [7, 11) is 1.53. The van der Waals surface area contributed by atoms with E-state index < -0.39 is 11.6 Å². The van der Waals surface area contributed by atoms with Gasteiger partial charge in [0, 0.05) is 30.8 Å². The van der Waals surface area contributed by atoms with Gasteiger partial charge in [0.2, 0.25) is 5.91 Å². The standard InChI is InChI=1S/C23H22F2N2O2S/c1-29-14-22(28)27-10-8-21-18(9-11-30-21)23(27)16-3-5-17(6-4-16)26-13-15-2-7-19(24)20(25)12-15/h2-7,9,11-12,23,26H,8,10,13-14H2,1H3. The van der Waals surface area contributed by atoms with Crippen LogP contribution < -0.4 is 5.32 Å². The molecule has 3 aromatic rings. The van der Waals surface area contributed by atoms with Crippen LogP contribution in [-0.4, -0.2) is 31.1 Å². The number of fused-ring (bicyclic) bond motifs is 1. The fraction of sp³-hybridized carbons (Fsp3) is 0.261. The molecule has 4 nitrogen and oxygen atoms in total. The van der Waals surface area contributed by atoms with Crippen LogP contribution in [0, 0.1) is 11.6 Å². The zero-order valence-corrected chi connectivity index (χ0v) is 17.3. The quantitative estimate of drug-likeness (QED) is 0.616. The predicted molar refractivity (Wildman–Crippen MR) is 114 cm³/mol. The molecule has 1 unspecified atom stereocenters. The van der Waals surface area contributed by atoms with Crippen molar-refractivity contribution in [3.63, 3.8) is 0 Å². The van der Waals surface area contributed by atoms with Crippen LogP contribution in [0.1, 0.15) is 27.6 Å². The van der Waals surface area contributed by atoms with E-state index in [0.29, 0.717) is 18.7 Å². The highest BCUT2D eigenvalue weighted by atomic mass is 32.1. The normalized spacial score (nSPS) is 15.7. The second-order valence-electron chi connectivity index (χ2n) is 7.20. The van der Waals surface area contributed by atoms with Crippen LogP contribution in [0.15, 0.2) is 53.9 Å². The van der Waals surface area contributed by atoms with Crippen molar-refractivity contribution >= 4 is 22.9 Å². The second-order valence-corrected chi connectivity index (χ2v) is 8.20. The highest BCUT2D eigenvalue weighted by molar-refractivity contribution is 7.10. The number of hydrogen-bond acceptors (Lipinski definition) is 4. The Morgan fingerprint density at radius 2 is 1.97 bits per heavy atom.